The zero-order valence-electron chi connectivity index (χ0n) is 11.1. The first-order valence-corrected chi connectivity index (χ1v) is 6.30. The van der Waals surface area contributed by atoms with Crippen LogP contribution in [0.4, 0.5) is 26.2 Å². The number of urea groups is 1. The van der Waals surface area contributed by atoms with Crippen LogP contribution in [0.5, 0.6) is 0 Å². The molecule has 20 heavy (non-hydrogen) atoms. The quantitative estimate of drug-likeness (QED) is 0.841. The highest BCUT2D eigenvalue weighted by molar-refractivity contribution is 6.01. The summed E-state index contributed by atoms with van der Waals surface area (Å²) in [4.78, 5) is 13.7. The molecule has 2 amide bonds. The van der Waals surface area contributed by atoms with Gasteiger partial charge in [-0.1, -0.05) is 0 Å². The molecule has 0 saturated carbocycles. The second-order valence-corrected chi connectivity index (χ2v) is 4.27. The number of carbonyl (C=O) groups is 1. The van der Waals surface area contributed by atoms with Gasteiger partial charge in [0.05, 0.1) is 0 Å². The third kappa shape index (κ3) is 3.26. The second kappa shape index (κ2) is 6.06. The van der Waals surface area contributed by atoms with Crippen molar-refractivity contribution in [2.24, 2.45) is 0 Å². The Balaban J connectivity index is 2.13. The number of hydrogen-bond acceptors (Lipinski definition) is 2. The monoisotopic (exact) mass is 273 g/mol. The Morgan fingerprint density at radius 3 is 2.30 bits per heavy atom. The predicted molar refractivity (Wildman–Crippen MR) is 79.3 cm³/mol. The Bertz CT molecular complexity index is 581. The van der Waals surface area contributed by atoms with Crippen molar-refractivity contribution < 1.29 is 9.18 Å². The maximum atomic E-state index is 12.9. The van der Waals surface area contributed by atoms with E-state index in [1.807, 2.05) is 6.92 Å². The second-order valence-electron chi connectivity index (χ2n) is 4.27. The first kappa shape index (κ1) is 13.9. The minimum Gasteiger partial charge on any atom is -0.399 e. The Morgan fingerprint density at radius 2 is 1.75 bits per heavy atom. The highest BCUT2D eigenvalue weighted by Gasteiger charge is 2.13. The third-order valence-electron chi connectivity index (χ3n) is 2.86. The average Bonchev–Trinajstić information content (AvgIpc) is 2.44. The van der Waals surface area contributed by atoms with E-state index in [-0.39, 0.29) is 11.8 Å². The molecular weight excluding hydrogens is 257 g/mol. The van der Waals surface area contributed by atoms with Crippen LogP contribution in [-0.2, 0) is 0 Å². The molecule has 2 rings (SSSR count). The van der Waals surface area contributed by atoms with Gasteiger partial charge in [-0.15, -0.1) is 0 Å². The number of nitrogen functional groups attached to an aromatic ring is 1. The van der Waals surface area contributed by atoms with Gasteiger partial charge in [-0.3, -0.25) is 4.90 Å². The number of halogens is 1. The summed E-state index contributed by atoms with van der Waals surface area (Å²) in [7, 11) is 0. The number of amides is 2. The van der Waals surface area contributed by atoms with E-state index in [2.05, 4.69) is 5.32 Å². The first-order chi connectivity index (χ1) is 9.60. The summed E-state index contributed by atoms with van der Waals surface area (Å²) in [6.07, 6.45) is 0. The molecule has 0 aliphatic rings. The molecule has 0 aromatic heterocycles. The molecule has 2 aromatic carbocycles. The molecule has 4 nitrogen and oxygen atoms in total. The minimum absolute atomic E-state index is 0.274. The number of nitrogens with one attached hydrogen (secondary N) is 1. The molecule has 0 bridgehead atoms. The fraction of sp³-hybridized carbons (Fsp3) is 0.133. The van der Waals surface area contributed by atoms with Gasteiger partial charge in [0.2, 0.25) is 0 Å². The predicted octanol–water partition coefficient (Wildman–Crippen LogP) is 3.47. The normalized spacial score (nSPS) is 10.1. The number of hydrogen-bond donors (Lipinski definition) is 2. The number of nitrogens with two attached hydrogens (primary N) is 1. The lowest BCUT2D eigenvalue weighted by Crippen LogP contribution is -2.34. The van der Waals surface area contributed by atoms with Crippen molar-refractivity contribution in [3.8, 4) is 0 Å². The first-order valence-electron chi connectivity index (χ1n) is 6.30. The highest BCUT2D eigenvalue weighted by atomic mass is 19.1. The standard InChI is InChI=1S/C15H16FN3O/c1-2-19(14-9-3-11(16)4-10-14)15(20)18-13-7-5-12(17)6-8-13/h3-10H,2,17H2,1H3,(H,18,20). The van der Waals surface area contributed by atoms with Gasteiger partial charge in [0, 0.05) is 23.6 Å². The number of carbonyl (C=O) groups excluding carboxylic acids is 1. The van der Waals surface area contributed by atoms with E-state index < -0.39 is 0 Å². The van der Waals surface area contributed by atoms with E-state index in [1.165, 1.54) is 17.0 Å². The zero-order valence-corrected chi connectivity index (χ0v) is 11.1. The van der Waals surface area contributed by atoms with Crippen LogP contribution in [0, 0.1) is 5.82 Å². The van der Waals surface area contributed by atoms with Gasteiger partial charge >= 0.3 is 6.03 Å². The van der Waals surface area contributed by atoms with E-state index in [1.54, 1.807) is 36.4 Å². The van der Waals surface area contributed by atoms with Gasteiger partial charge in [-0.25, -0.2) is 9.18 Å². The smallest absolute Gasteiger partial charge is 0.326 e. The summed E-state index contributed by atoms with van der Waals surface area (Å²) in [5, 5.41) is 2.77. The topological polar surface area (TPSA) is 58.4 Å². The van der Waals surface area contributed by atoms with Crippen molar-refractivity contribution >= 4 is 23.1 Å². The van der Waals surface area contributed by atoms with Gasteiger partial charge in [0.15, 0.2) is 0 Å². The SMILES string of the molecule is CCN(C(=O)Nc1ccc(N)cc1)c1ccc(F)cc1. The van der Waals surface area contributed by atoms with Crippen LogP contribution in [0.1, 0.15) is 6.92 Å². The van der Waals surface area contributed by atoms with Crippen LogP contribution in [0.15, 0.2) is 48.5 Å². The molecule has 104 valence electrons. The lowest BCUT2D eigenvalue weighted by Gasteiger charge is -2.21. The van der Waals surface area contributed by atoms with Crippen molar-refractivity contribution in [2.75, 3.05) is 22.5 Å². The lowest BCUT2D eigenvalue weighted by molar-refractivity contribution is 0.257. The molecule has 0 spiro atoms. The fourth-order valence-electron chi connectivity index (χ4n) is 1.82. The van der Waals surface area contributed by atoms with Crippen LogP contribution >= 0.6 is 0 Å². The number of nitrogens with zero attached hydrogens (tertiary/aromatic N) is 1. The van der Waals surface area contributed by atoms with Gasteiger partial charge in [-0.2, -0.15) is 0 Å². The van der Waals surface area contributed by atoms with Gasteiger partial charge in [0.1, 0.15) is 5.82 Å². The highest BCUT2D eigenvalue weighted by Crippen LogP contribution is 2.17. The van der Waals surface area contributed by atoms with Crippen LogP contribution in [0.2, 0.25) is 0 Å². The molecule has 0 aliphatic carbocycles. The van der Waals surface area contributed by atoms with Crippen LogP contribution in [0.25, 0.3) is 0 Å². The molecule has 0 atom stereocenters. The molecule has 0 unspecified atom stereocenters. The third-order valence-corrected chi connectivity index (χ3v) is 2.86. The fourth-order valence-corrected chi connectivity index (χ4v) is 1.82. The van der Waals surface area contributed by atoms with E-state index in [9.17, 15) is 9.18 Å². The molecule has 0 radical (unpaired) electrons. The summed E-state index contributed by atoms with van der Waals surface area (Å²) >= 11 is 0. The van der Waals surface area contributed by atoms with Crippen LogP contribution < -0.4 is 16.0 Å². The molecular formula is C15H16FN3O. The lowest BCUT2D eigenvalue weighted by atomic mass is 10.2. The molecule has 5 heteroatoms. The van der Waals surface area contributed by atoms with Crippen molar-refractivity contribution in [3.63, 3.8) is 0 Å². The van der Waals surface area contributed by atoms with E-state index >= 15 is 0 Å². The van der Waals surface area contributed by atoms with Crippen molar-refractivity contribution in [1.29, 1.82) is 0 Å². The molecule has 0 saturated heterocycles. The van der Waals surface area contributed by atoms with E-state index in [0.29, 0.717) is 23.6 Å². The largest absolute Gasteiger partial charge is 0.399 e. The average molecular weight is 273 g/mol. The van der Waals surface area contributed by atoms with Gasteiger partial charge in [0.25, 0.3) is 0 Å². The summed E-state index contributed by atoms with van der Waals surface area (Å²) < 4.78 is 12.9. The van der Waals surface area contributed by atoms with E-state index in [4.69, 9.17) is 5.73 Å². The molecule has 0 aliphatic heterocycles. The molecule has 0 heterocycles. The van der Waals surface area contributed by atoms with Gasteiger partial charge in [-0.05, 0) is 55.5 Å². The summed E-state index contributed by atoms with van der Waals surface area (Å²) in [5.74, 6) is -0.330. The molecule has 2 aromatic rings. The molecule has 0 fully saturated rings. The van der Waals surface area contributed by atoms with Crippen molar-refractivity contribution in [1.82, 2.24) is 0 Å². The molecule has 3 N–H and O–H groups in total. The Hall–Kier alpha value is -2.56. The van der Waals surface area contributed by atoms with Crippen LogP contribution in [-0.4, -0.2) is 12.6 Å². The maximum absolute atomic E-state index is 12.9. The zero-order chi connectivity index (χ0) is 14.5. The summed E-state index contributed by atoms with van der Waals surface area (Å²) in [5.41, 5.74) is 7.52. The Kier molecular flexibility index (Phi) is 4.20. The summed E-state index contributed by atoms with van der Waals surface area (Å²) in [6.45, 7) is 2.33. The minimum atomic E-state index is -0.330. The van der Waals surface area contributed by atoms with Crippen LogP contribution in [0.3, 0.4) is 0 Å². The van der Waals surface area contributed by atoms with E-state index in [0.717, 1.165) is 0 Å². The Morgan fingerprint density at radius 1 is 1.15 bits per heavy atom. The maximum Gasteiger partial charge on any atom is 0.326 e. The number of benzene rings is 2. The summed E-state index contributed by atoms with van der Waals surface area (Å²) in [6, 6.07) is 12.4. The van der Waals surface area contributed by atoms with Gasteiger partial charge < -0.3 is 11.1 Å². The number of anilines is 3. The van der Waals surface area contributed by atoms with Crippen molar-refractivity contribution in [2.45, 2.75) is 6.92 Å². The Labute approximate surface area is 117 Å². The number of rotatable bonds is 3. The van der Waals surface area contributed by atoms with Crippen molar-refractivity contribution in [3.05, 3.63) is 54.3 Å².